The molecule has 1 aliphatic carbocycles. The van der Waals surface area contributed by atoms with Crippen molar-refractivity contribution in [1.29, 1.82) is 0 Å². The van der Waals surface area contributed by atoms with E-state index in [1.165, 1.54) is 50.0 Å². The molecule has 3 heteroatoms. The fraction of sp³-hybridized carbons (Fsp3) is 0.786. The van der Waals surface area contributed by atoms with Crippen molar-refractivity contribution in [3.8, 4) is 0 Å². The van der Waals surface area contributed by atoms with Crippen LogP contribution in [-0.4, -0.2) is 16.1 Å². The molecule has 0 unspecified atom stereocenters. The summed E-state index contributed by atoms with van der Waals surface area (Å²) in [6.45, 7) is 0.710. The molecule has 1 heterocycles. The molecule has 2 N–H and O–H groups in total. The Balaban J connectivity index is 1.85. The smallest absolute Gasteiger partial charge is 0.108 e. The van der Waals surface area contributed by atoms with Crippen LogP contribution in [0.3, 0.4) is 0 Å². The molecule has 17 heavy (non-hydrogen) atoms. The number of nitrogens with zero attached hydrogens (tertiary/aromatic N) is 2. The first-order valence-corrected chi connectivity index (χ1v) is 7.01. The summed E-state index contributed by atoms with van der Waals surface area (Å²) in [5.74, 6) is 2.18. The Labute approximate surface area is 104 Å². The van der Waals surface area contributed by atoms with Crippen LogP contribution in [0.1, 0.15) is 50.0 Å². The number of aryl methyl sites for hydroxylation is 1. The molecule has 2 rings (SSSR count). The van der Waals surface area contributed by atoms with Crippen LogP contribution in [0.15, 0.2) is 6.20 Å². The Bertz CT molecular complexity index is 337. The predicted octanol–water partition coefficient (Wildman–Crippen LogP) is 2.43. The first-order valence-electron chi connectivity index (χ1n) is 7.01. The van der Waals surface area contributed by atoms with E-state index in [9.17, 15) is 0 Å². The molecule has 0 aliphatic heterocycles. The number of imidazole rings is 1. The molecule has 0 spiro atoms. The molecule has 3 nitrogen and oxygen atoms in total. The van der Waals surface area contributed by atoms with E-state index in [0.29, 0.717) is 6.54 Å². The van der Waals surface area contributed by atoms with Crippen molar-refractivity contribution in [2.45, 2.75) is 51.4 Å². The molecule has 1 aromatic heterocycles. The van der Waals surface area contributed by atoms with Crippen molar-refractivity contribution in [3.05, 3.63) is 17.7 Å². The second-order valence-electron chi connectivity index (χ2n) is 5.31. The summed E-state index contributed by atoms with van der Waals surface area (Å²) in [7, 11) is 2.12. The fourth-order valence-electron chi connectivity index (χ4n) is 2.91. The molecule has 1 aromatic rings. The maximum absolute atomic E-state index is 5.59. The van der Waals surface area contributed by atoms with Gasteiger partial charge in [0.25, 0.3) is 0 Å². The van der Waals surface area contributed by atoms with Crippen molar-refractivity contribution >= 4 is 0 Å². The molecular weight excluding hydrogens is 210 g/mol. The van der Waals surface area contributed by atoms with Gasteiger partial charge in [-0.2, -0.15) is 0 Å². The van der Waals surface area contributed by atoms with Gasteiger partial charge < -0.3 is 10.3 Å². The molecule has 0 radical (unpaired) electrons. The second kappa shape index (κ2) is 6.20. The lowest BCUT2D eigenvalue weighted by Gasteiger charge is -2.21. The predicted molar refractivity (Wildman–Crippen MR) is 70.9 cm³/mol. The van der Waals surface area contributed by atoms with Gasteiger partial charge in [0.15, 0.2) is 0 Å². The molecule has 1 saturated carbocycles. The third-order valence-electron chi connectivity index (χ3n) is 4.08. The molecular formula is C14H25N3. The van der Waals surface area contributed by atoms with Crippen molar-refractivity contribution in [2.24, 2.45) is 18.7 Å². The van der Waals surface area contributed by atoms with Crippen molar-refractivity contribution in [2.75, 3.05) is 6.54 Å². The summed E-state index contributed by atoms with van der Waals surface area (Å²) < 4.78 is 2.23. The van der Waals surface area contributed by atoms with Crippen LogP contribution in [0.5, 0.6) is 0 Å². The van der Waals surface area contributed by atoms with E-state index in [-0.39, 0.29) is 0 Å². The molecule has 96 valence electrons. The Morgan fingerprint density at radius 2 is 2.06 bits per heavy atom. The van der Waals surface area contributed by atoms with Gasteiger partial charge in [0, 0.05) is 31.8 Å². The Kier molecular flexibility index (Phi) is 4.60. The molecule has 0 aromatic carbocycles. The second-order valence-corrected chi connectivity index (χ2v) is 5.31. The van der Waals surface area contributed by atoms with E-state index in [0.717, 1.165) is 18.8 Å². The molecule has 1 aliphatic rings. The van der Waals surface area contributed by atoms with Crippen LogP contribution < -0.4 is 5.73 Å². The Morgan fingerprint density at radius 1 is 1.29 bits per heavy atom. The summed E-state index contributed by atoms with van der Waals surface area (Å²) in [4.78, 5) is 4.53. The number of rotatable bonds is 5. The van der Waals surface area contributed by atoms with Gasteiger partial charge in [0.2, 0.25) is 0 Å². The lowest BCUT2D eigenvalue weighted by Crippen LogP contribution is -2.11. The van der Waals surface area contributed by atoms with Gasteiger partial charge in [0.1, 0.15) is 5.82 Å². The van der Waals surface area contributed by atoms with Crippen LogP contribution in [0.25, 0.3) is 0 Å². The van der Waals surface area contributed by atoms with Gasteiger partial charge in [-0.25, -0.2) is 4.98 Å². The van der Waals surface area contributed by atoms with E-state index < -0.39 is 0 Å². The minimum absolute atomic E-state index is 0.710. The van der Waals surface area contributed by atoms with Gasteiger partial charge in [-0.3, -0.25) is 0 Å². The first-order chi connectivity index (χ1) is 8.31. The maximum atomic E-state index is 5.59. The molecule has 0 bridgehead atoms. The summed E-state index contributed by atoms with van der Waals surface area (Å²) >= 11 is 0. The normalized spacial score (nSPS) is 17.5. The molecule has 0 saturated heterocycles. The number of hydrogen-bond donors (Lipinski definition) is 1. The van der Waals surface area contributed by atoms with E-state index in [1.54, 1.807) is 0 Å². The minimum Gasteiger partial charge on any atom is -0.335 e. The zero-order chi connectivity index (χ0) is 12.1. The zero-order valence-electron chi connectivity index (χ0n) is 11.0. The van der Waals surface area contributed by atoms with Gasteiger partial charge in [0.05, 0.1) is 0 Å². The van der Waals surface area contributed by atoms with Crippen LogP contribution in [0, 0.1) is 5.92 Å². The average molecular weight is 235 g/mol. The minimum atomic E-state index is 0.710. The number of hydrogen-bond acceptors (Lipinski definition) is 2. The summed E-state index contributed by atoms with van der Waals surface area (Å²) in [5.41, 5.74) is 6.86. The van der Waals surface area contributed by atoms with Crippen molar-refractivity contribution < 1.29 is 0 Å². The lowest BCUT2D eigenvalue weighted by molar-refractivity contribution is 0.336. The lowest BCUT2D eigenvalue weighted by atomic mass is 9.86. The quantitative estimate of drug-likeness (QED) is 0.852. The third kappa shape index (κ3) is 3.32. The Morgan fingerprint density at radius 3 is 2.76 bits per heavy atom. The monoisotopic (exact) mass is 235 g/mol. The zero-order valence-corrected chi connectivity index (χ0v) is 11.0. The summed E-state index contributed by atoms with van der Waals surface area (Å²) in [6.07, 6.45) is 12.5. The third-order valence-corrected chi connectivity index (χ3v) is 4.08. The van der Waals surface area contributed by atoms with Gasteiger partial charge in [-0.05, 0) is 18.9 Å². The SMILES string of the molecule is Cn1c(CCN)cnc1CCC1CCCCC1. The molecule has 1 fully saturated rings. The topological polar surface area (TPSA) is 43.8 Å². The molecule has 0 atom stereocenters. The largest absolute Gasteiger partial charge is 0.335 e. The van der Waals surface area contributed by atoms with E-state index >= 15 is 0 Å². The van der Waals surface area contributed by atoms with Crippen molar-refractivity contribution in [1.82, 2.24) is 9.55 Å². The van der Waals surface area contributed by atoms with Crippen molar-refractivity contribution in [3.63, 3.8) is 0 Å². The number of nitrogens with two attached hydrogens (primary N) is 1. The van der Waals surface area contributed by atoms with Crippen LogP contribution in [0.2, 0.25) is 0 Å². The Hall–Kier alpha value is -0.830. The van der Waals surface area contributed by atoms with E-state index in [4.69, 9.17) is 5.73 Å². The standard InChI is InChI=1S/C14H25N3/c1-17-13(9-10-15)11-16-14(17)8-7-12-5-3-2-4-6-12/h11-12H,2-10,15H2,1H3. The highest BCUT2D eigenvalue weighted by molar-refractivity contribution is 5.05. The van der Waals surface area contributed by atoms with Crippen LogP contribution in [-0.2, 0) is 19.9 Å². The van der Waals surface area contributed by atoms with Gasteiger partial charge in [-0.15, -0.1) is 0 Å². The number of aromatic nitrogens is 2. The van der Waals surface area contributed by atoms with Gasteiger partial charge in [-0.1, -0.05) is 32.1 Å². The van der Waals surface area contributed by atoms with Gasteiger partial charge >= 0.3 is 0 Å². The molecule has 0 amide bonds. The highest BCUT2D eigenvalue weighted by atomic mass is 15.1. The fourth-order valence-corrected chi connectivity index (χ4v) is 2.91. The maximum Gasteiger partial charge on any atom is 0.108 e. The highest BCUT2D eigenvalue weighted by Crippen LogP contribution is 2.27. The average Bonchev–Trinajstić information content (AvgIpc) is 2.70. The van der Waals surface area contributed by atoms with E-state index in [2.05, 4.69) is 16.6 Å². The summed E-state index contributed by atoms with van der Waals surface area (Å²) in [6, 6.07) is 0. The first kappa shape index (κ1) is 12.6. The summed E-state index contributed by atoms with van der Waals surface area (Å²) in [5, 5.41) is 0. The van der Waals surface area contributed by atoms with E-state index in [1.807, 2.05) is 6.20 Å². The van der Waals surface area contributed by atoms with Crippen LogP contribution >= 0.6 is 0 Å². The highest BCUT2D eigenvalue weighted by Gasteiger charge is 2.14. The van der Waals surface area contributed by atoms with Crippen LogP contribution in [0.4, 0.5) is 0 Å².